The lowest BCUT2D eigenvalue weighted by Crippen LogP contribution is -2.47. The van der Waals surface area contributed by atoms with Crippen LogP contribution < -0.4 is 41.3 Å². The Morgan fingerprint density at radius 1 is 0.438 bits per heavy atom. The number of imide groups is 1. The van der Waals surface area contributed by atoms with Crippen LogP contribution in [0.2, 0.25) is 0 Å². The van der Waals surface area contributed by atoms with E-state index in [9.17, 15) is 43.8 Å². The van der Waals surface area contributed by atoms with Crippen molar-refractivity contribution in [2.24, 2.45) is 0 Å². The largest absolute Gasteiger partial charge is 0.875 e. The number of carbonyl (C=O) groups is 7. The summed E-state index contributed by atoms with van der Waals surface area (Å²) in [5, 5.41) is 66.7. The minimum atomic E-state index is -1.25. The first-order valence-electron chi connectivity index (χ1n) is 47.2. The van der Waals surface area contributed by atoms with E-state index >= 15 is 0 Å². The summed E-state index contributed by atoms with van der Waals surface area (Å²) >= 11 is 0. The fourth-order valence-corrected chi connectivity index (χ4v) is 15.3. The number of ether oxygens (including phenoxy) is 1. The molecule has 137 heavy (non-hydrogen) atoms. The molecule has 5 aromatic heterocycles. The van der Waals surface area contributed by atoms with E-state index in [0.29, 0.717) is 68.5 Å². The number of hydrogen-bond donors (Lipinski definition) is 4. The molecule has 2 atom stereocenters. The van der Waals surface area contributed by atoms with Gasteiger partial charge in [-0.15, -0.1) is 26.1 Å². The molecule has 0 bridgehead atoms. The Morgan fingerprint density at radius 2 is 0.781 bits per heavy atom. The van der Waals surface area contributed by atoms with Gasteiger partial charge in [-0.05, 0) is 115 Å². The number of rotatable bonds is 45. The van der Waals surface area contributed by atoms with Gasteiger partial charge >= 0.3 is 5.97 Å². The number of anilines is 2. The van der Waals surface area contributed by atoms with Gasteiger partial charge in [0.2, 0.25) is 0 Å². The maximum absolute atomic E-state index is 14.0. The van der Waals surface area contributed by atoms with Crippen molar-refractivity contribution in [3.8, 4) is 0 Å². The van der Waals surface area contributed by atoms with Crippen molar-refractivity contribution in [1.82, 2.24) is 81.3 Å². The Hall–Kier alpha value is -14.1. The van der Waals surface area contributed by atoms with Crippen LogP contribution in [0.5, 0.6) is 0 Å². The number of aromatic nitrogens is 11. The van der Waals surface area contributed by atoms with Crippen LogP contribution in [-0.4, -0.2) is 229 Å². The molecule has 1 aliphatic heterocycles. The van der Waals surface area contributed by atoms with Crippen LogP contribution in [0.25, 0.3) is 5.57 Å². The fourth-order valence-electron chi connectivity index (χ4n) is 15.3. The maximum atomic E-state index is 14.0. The van der Waals surface area contributed by atoms with E-state index in [1.807, 2.05) is 228 Å². The molecule has 9 aromatic rings. The van der Waals surface area contributed by atoms with Crippen LogP contribution >= 0.6 is 0 Å². The number of amides is 6. The fraction of sp³-hybridized carbons (Fsp3) is 0.381. The summed E-state index contributed by atoms with van der Waals surface area (Å²) in [4.78, 5) is 105. The number of carbonyl (C=O) groups excluding carboxylic acids is 7. The van der Waals surface area contributed by atoms with E-state index in [4.69, 9.17) is 9.57 Å². The Bertz CT molecular complexity index is 5620. The van der Waals surface area contributed by atoms with Crippen molar-refractivity contribution in [3.05, 3.63) is 328 Å². The Kier molecular flexibility index (Phi) is 41.3. The number of aryl methyl sites for hydroxylation is 1. The third-order valence-corrected chi connectivity index (χ3v) is 22.9. The molecule has 0 spiro atoms. The van der Waals surface area contributed by atoms with E-state index in [1.54, 1.807) is 48.5 Å². The van der Waals surface area contributed by atoms with Crippen LogP contribution in [0.15, 0.2) is 255 Å². The molecule has 0 saturated carbocycles. The lowest BCUT2D eigenvalue weighted by molar-refractivity contribution is -0.904. The van der Waals surface area contributed by atoms with Gasteiger partial charge in [-0.25, -0.2) is 14.8 Å². The minimum Gasteiger partial charge on any atom is -0.875 e. The van der Waals surface area contributed by atoms with E-state index < -0.39 is 54.1 Å². The number of hydroxylamine groups is 2. The summed E-state index contributed by atoms with van der Waals surface area (Å²) in [6.07, 6.45) is 11.7. The summed E-state index contributed by atoms with van der Waals surface area (Å²) in [5.41, 5.74) is 10.3. The van der Waals surface area contributed by atoms with Gasteiger partial charge in [-0.1, -0.05) is 255 Å². The first-order chi connectivity index (χ1) is 66.1. The van der Waals surface area contributed by atoms with E-state index in [-0.39, 0.29) is 79.1 Å². The Morgan fingerprint density at radius 3 is 1.13 bits per heavy atom. The van der Waals surface area contributed by atoms with Gasteiger partial charge in [-0.2, -0.15) is 0 Å². The van der Waals surface area contributed by atoms with Crippen molar-refractivity contribution >= 4 is 58.4 Å². The van der Waals surface area contributed by atoms with Crippen molar-refractivity contribution < 1.29 is 66.8 Å². The highest BCUT2D eigenvalue weighted by atomic mass is 16.7. The standard InChI is InChI=1S/C57H86N15O7.C48H48N6O4/c1-10-13-33-70(4,5)40-46-37-66(61-58-46)29-26-64(27-30-67-38-47(59-62-67)41-71(6,7)34-14-11-2)49-20-16-44(17-21-49)54-56(76)55(57(54)77)45-18-22-50(23-19-45)65(32-36-78-43-53(75)79-69-51(73)24-25-52(69)74)28-31-68-39-48(60-63-68)42-72(8,9)35-15-12-3;1-3-49-45(55)41-30-20-31-42(53-41)46(56)50-35-39-26-16-8-10-18-28-40(29-19-11-9-17-27-39)36-52-48(58)44-33-21-32-43(54-44)47(57)51-34-38-24-14-6-4-12-22-37(2)23-13-5-7-15-25-38/h16-23,37-39,54,56H,10-15,24-36,40-43H2,1-9H3;4-33H,3,34-36H2,1-2H3,(H,49,55)(H,50,56)(H,51,57)(H,52,58)/q+1;. The third kappa shape index (κ3) is 35.0. The molecule has 6 amide bonds. The average molecular weight is 1870 g/mol. The van der Waals surface area contributed by atoms with Crippen molar-refractivity contribution in [3.63, 3.8) is 0 Å². The number of hydrogen-bond acceptors (Lipinski definition) is 21. The van der Waals surface area contributed by atoms with Crippen molar-refractivity contribution in [1.29, 1.82) is 0 Å². The van der Waals surface area contributed by atoms with Gasteiger partial charge in [0.05, 0.1) is 107 Å². The molecule has 32 nitrogen and oxygen atoms in total. The topological polar surface area (TPSA) is 360 Å². The van der Waals surface area contributed by atoms with Crippen LogP contribution in [0.1, 0.15) is 177 Å². The molecule has 0 radical (unpaired) electrons. The zero-order valence-electron chi connectivity index (χ0n) is 81.0. The molecule has 32 heteroatoms. The summed E-state index contributed by atoms with van der Waals surface area (Å²) in [6.45, 7) is 20.7. The monoisotopic (exact) mass is 1870 g/mol. The minimum absolute atomic E-state index is 0.00139. The summed E-state index contributed by atoms with van der Waals surface area (Å²) in [5.74, 6) is -4.52. The van der Waals surface area contributed by atoms with E-state index in [1.165, 1.54) is 0 Å². The number of unbranched alkanes of at least 4 members (excludes halogenated alkanes) is 3. The number of nitrogens with one attached hydrogen (secondary N) is 4. The molecule has 2 aliphatic rings. The Labute approximate surface area is 804 Å². The summed E-state index contributed by atoms with van der Waals surface area (Å²) < 4.78 is 13.8. The van der Waals surface area contributed by atoms with Gasteiger partial charge in [0.1, 0.15) is 66.1 Å². The number of nitrogens with zero attached hydrogens (tertiary/aromatic N) is 17. The highest BCUT2D eigenvalue weighted by molar-refractivity contribution is 6.02. The number of quaternary nitrogens is 3. The smallest absolute Gasteiger partial charge is 0.358 e. The van der Waals surface area contributed by atoms with Crippen LogP contribution in [0.4, 0.5) is 11.4 Å². The SMILES string of the molecule is CCCC[N+](C)(C)Cc1cn(CCN(CCOCC(=O)ON2C(=O)CCC2=O)c2ccc(C3=C([O-])C(c4ccc(N(CCn5cc(C[N+](C)(C)CCCC)nn5)CCn5cc(C[N+](C)(C)CCCC)nn5)cc4)C3[O-])cc2)nn1.CCNC(=O)c1cccc(C(=O)NCc2ccccccc(CNC(=O)c3cccc(C(=O)NCc4ccccccc(C)cccccc4)n3)cccccc2)n1. The molecule has 1 saturated heterocycles. The molecular weight excluding hydrogens is 1730 g/mol. The highest BCUT2D eigenvalue weighted by Crippen LogP contribution is 2.44. The zero-order chi connectivity index (χ0) is 98.0. The lowest BCUT2D eigenvalue weighted by atomic mass is 9.73. The molecular formula is C105H134N21O11+. The number of pyridine rings is 2. The van der Waals surface area contributed by atoms with Crippen LogP contribution in [0.3, 0.4) is 0 Å². The Balaban J connectivity index is 0.000000297. The zero-order valence-corrected chi connectivity index (χ0v) is 81.0. The highest BCUT2D eigenvalue weighted by Gasteiger charge is 2.34. The summed E-state index contributed by atoms with van der Waals surface area (Å²) in [6, 6.07) is 70.4. The predicted octanol–water partition coefficient (Wildman–Crippen LogP) is 11.3. The number of benzene rings is 2. The average Bonchev–Trinajstić information content (AvgIpc) is 0.909. The molecule has 4 aromatic carbocycles. The second kappa shape index (κ2) is 53.9. The third-order valence-electron chi connectivity index (χ3n) is 22.9. The van der Waals surface area contributed by atoms with E-state index in [2.05, 4.69) is 135 Å². The van der Waals surface area contributed by atoms with Gasteiger partial charge < -0.3 is 64.3 Å². The predicted molar refractivity (Wildman–Crippen MR) is 524 cm³/mol. The molecule has 2 unspecified atom stereocenters. The van der Waals surface area contributed by atoms with Gasteiger partial charge in [0, 0.05) is 76.6 Å². The molecule has 11 rings (SSSR count). The first kappa shape index (κ1) is 105. The van der Waals surface area contributed by atoms with Crippen molar-refractivity contribution in [2.45, 2.75) is 157 Å². The first-order valence-corrected chi connectivity index (χ1v) is 47.2. The lowest BCUT2D eigenvalue weighted by Gasteiger charge is -2.51. The summed E-state index contributed by atoms with van der Waals surface area (Å²) in [7, 11) is 13.3. The van der Waals surface area contributed by atoms with Gasteiger partial charge in [0.25, 0.3) is 35.4 Å². The molecule has 724 valence electrons. The molecule has 1 aliphatic carbocycles. The van der Waals surface area contributed by atoms with Crippen LogP contribution in [-0.2, 0) is 82.9 Å². The van der Waals surface area contributed by atoms with Crippen molar-refractivity contribution in [2.75, 3.05) is 118 Å². The van der Waals surface area contributed by atoms with E-state index in [0.717, 1.165) is 142 Å². The second-order valence-electron chi connectivity index (χ2n) is 35.9. The van der Waals surface area contributed by atoms with Gasteiger partial charge in [0.15, 0.2) is 0 Å². The van der Waals surface area contributed by atoms with Crippen LogP contribution in [0, 0.1) is 6.92 Å². The maximum Gasteiger partial charge on any atom is 0.358 e. The second-order valence-corrected chi connectivity index (χ2v) is 35.9. The molecule has 1 fully saturated rings. The molecule has 6 heterocycles. The normalized spacial score (nSPS) is 13.4. The molecule has 4 N–H and O–H groups in total. The quantitative estimate of drug-likeness (QED) is 0.0156. The van der Waals surface area contributed by atoms with Gasteiger partial charge in [-0.3, -0.25) is 42.8 Å².